The third-order valence-electron chi connectivity index (χ3n) is 2.59. The lowest BCUT2D eigenvalue weighted by molar-refractivity contribution is 0.482. The lowest BCUT2D eigenvalue weighted by Crippen LogP contribution is -2.08. The zero-order chi connectivity index (χ0) is 14.3. The molecule has 0 aliphatic heterocycles. The molecule has 0 aliphatic carbocycles. The molecule has 0 N–H and O–H groups in total. The van der Waals surface area contributed by atoms with E-state index in [4.69, 9.17) is 4.74 Å². The van der Waals surface area contributed by atoms with Gasteiger partial charge in [-0.2, -0.15) is 0 Å². The van der Waals surface area contributed by atoms with Crippen LogP contribution < -0.4 is 9.64 Å². The highest BCUT2D eigenvalue weighted by Crippen LogP contribution is 2.25. The minimum Gasteiger partial charge on any atom is -0.457 e. The van der Waals surface area contributed by atoms with Crippen molar-refractivity contribution in [1.82, 2.24) is 0 Å². The average Bonchev–Trinajstić information content (AvgIpc) is 2.44. The lowest BCUT2D eigenvalue weighted by atomic mass is 10.2. The quantitative estimate of drug-likeness (QED) is 0.777. The van der Waals surface area contributed by atoms with Crippen molar-refractivity contribution in [1.29, 1.82) is 0 Å². The fourth-order valence-corrected chi connectivity index (χ4v) is 1.57. The standard InChI is InChI=1S/C15H17NO.C2H6/c1-12-7-9-14(10-8-12)17-15-6-4-5-13(11-15)16(2)3;1-2/h4-11H,1-3H3;1-2H3. The topological polar surface area (TPSA) is 12.5 Å². The van der Waals surface area contributed by atoms with Crippen LogP contribution in [0.5, 0.6) is 11.5 Å². The van der Waals surface area contributed by atoms with E-state index in [0.29, 0.717) is 0 Å². The summed E-state index contributed by atoms with van der Waals surface area (Å²) in [5.41, 5.74) is 2.37. The zero-order valence-corrected chi connectivity index (χ0v) is 12.5. The number of hydrogen-bond donors (Lipinski definition) is 0. The summed E-state index contributed by atoms with van der Waals surface area (Å²) in [5.74, 6) is 1.73. The van der Waals surface area contributed by atoms with Crippen LogP contribution in [0.4, 0.5) is 5.69 Å². The molecule has 102 valence electrons. The molecule has 19 heavy (non-hydrogen) atoms. The van der Waals surface area contributed by atoms with Crippen molar-refractivity contribution >= 4 is 5.69 Å². The molecule has 2 aromatic rings. The molecule has 0 saturated heterocycles. The number of benzene rings is 2. The Morgan fingerprint density at radius 1 is 0.842 bits per heavy atom. The molecule has 0 saturated carbocycles. The molecule has 2 heteroatoms. The van der Waals surface area contributed by atoms with Crippen LogP contribution in [0.15, 0.2) is 48.5 Å². The minimum atomic E-state index is 0.861. The van der Waals surface area contributed by atoms with Crippen molar-refractivity contribution in [3.05, 3.63) is 54.1 Å². The van der Waals surface area contributed by atoms with E-state index >= 15 is 0 Å². The van der Waals surface area contributed by atoms with Gasteiger partial charge in [0.15, 0.2) is 0 Å². The number of nitrogens with zero attached hydrogens (tertiary/aromatic N) is 1. The number of aryl methyl sites for hydroxylation is 1. The lowest BCUT2D eigenvalue weighted by Gasteiger charge is -2.14. The summed E-state index contributed by atoms with van der Waals surface area (Å²) in [7, 11) is 4.04. The SMILES string of the molecule is CC.Cc1ccc(Oc2cccc(N(C)C)c2)cc1. The molecule has 0 aliphatic rings. The second-order valence-electron chi connectivity index (χ2n) is 4.31. The van der Waals surface area contributed by atoms with Crippen LogP contribution in [0.2, 0.25) is 0 Å². The summed E-state index contributed by atoms with van der Waals surface area (Å²) in [5, 5.41) is 0. The highest BCUT2D eigenvalue weighted by Gasteiger charge is 2.00. The average molecular weight is 257 g/mol. The Kier molecular flexibility index (Phi) is 5.94. The third kappa shape index (κ3) is 4.66. The van der Waals surface area contributed by atoms with E-state index < -0.39 is 0 Å². The van der Waals surface area contributed by atoms with Gasteiger partial charge in [0, 0.05) is 25.8 Å². The summed E-state index contributed by atoms with van der Waals surface area (Å²) in [6.45, 7) is 6.07. The Morgan fingerprint density at radius 2 is 1.47 bits per heavy atom. The van der Waals surface area contributed by atoms with Gasteiger partial charge in [-0.3, -0.25) is 0 Å². The van der Waals surface area contributed by atoms with E-state index in [1.165, 1.54) is 5.56 Å². The van der Waals surface area contributed by atoms with E-state index in [2.05, 4.69) is 17.9 Å². The van der Waals surface area contributed by atoms with Crippen LogP contribution in [0.1, 0.15) is 19.4 Å². The fourth-order valence-electron chi connectivity index (χ4n) is 1.57. The van der Waals surface area contributed by atoms with Crippen molar-refractivity contribution in [3.8, 4) is 11.5 Å². The number of ether oxygens (including phenoxy) is 1. The molecular formula is C17H23NO. The van der Waals surface area contributed by atoms with Crippen LogP contribution in [-0.2, 0) is 0 Å². The molecule has 0 atom stereocenters. The monoisotopic (exact) mass is 257 g/mol. The van der Waals surface area contributed by atoms with Crippen LogP contribution in [-0.4, -0.2) is 14.1 Å². The molecule has 0 unspecified atom stereocenters. The number of anilines is 1. The molecular weight excluding hydrogens is 234 g/mol. The van der Waals surface area contributed by atoms with Gasteiger partial charge in [0.1, 0.15) is 11.5 Å². The van der Waals surface area contributed by atoms with Gasteiger partial charge in [0.25, 0.3) is 0 Å². The largest absolute Gasteiger partial charge is 0.457 e. The summed E-state index contributed by atoms with van der Waals surface area (Å²) in [6.07, 6.45) is 0. The summed E-state index contributed by atoms with van der Waals surface area (Å²) >= 11 is 0. The first kappa shape index (κ1) is 15.1. The zero-order valence-electron chi connectivity index (χ0n) is 12.5. The minimum absolute atomic E-state index is 0.861. The normalized spacial score (nSPS) is 9.32. The van der Waals surface area contributed by atoms with Gasteiger partial charge in [0.2, 0.25) is 0 Å². The number of rotatable bonds is 3. The second-order valence-corrected chi connectivity index (χ2v) is 4.31. The van der Waals surface area contributed by atoms with Crippen LogP contribution in [0.25, 0.3) is 0 Å². The van der Waals surface area contributed by atoms with Gasteiger partial charge in [-0.1, -0.05) is 37.6 Å². The Labute approximate surface area is 116 Å². The van der Waals surface area contributed by atoms with Gasteiger partial charge < -0.3 is 9.64 Å². The first-order valence-corrected chi connectivity index (χ1v) is 6.67. The molecule has 0 bridgehead atoms. The Bertz CT molecular complexity index is 489. The molecule has 2 aromatic carbocycles. The van der Waals surface area contributed by atoms with Gasteiger partial charge in [0.05, 0.1) is 0 Å². The maximum Gasteiger partial charge on any atom is 0.129 e. The predicted octanol–water partition coefficient (Wildman–Crippen LogP) is 4.88. The summed E-state index contributed by atoms with van der Waals surface area (Å²) < 4.78 is 5.80. The van der Waals surface area contributed by atoms with Crippen molar-refractivity contribution in [2.45, 2.75) is 20.8 Å². The number of hydrogen-bond acceptors (Lipinski definition) is 2. The molecule has 0 heterocycles. The molecule has 2 rings (SSSR count). The van der Waals surface area contributed by atoms with Gasteiger partial charge in [-0.15, -0.1) is 0 Å². The maximum atomic E-state index is 5.80. The van der Waals surface area contributed by atoms with E-state index in [-0.39, 0.29) is 0 Å². The van der Waals surface area contributed by atoms with Crippen molar-refractivity contribution < 1.29 is 4.74 Å². The predicted molar refractivity (Wildman–Crippen MR) is 83.4 cm³/mol. The fraction of sp³-hybridized carbons (Fsp3) is 0.294. The Balaban J connectivity index is 0.000000861. The molecule has 0 radical (unpaired) electrons. The second kappa shape index (κ2) is 7.47. The Morgan fingerprint density at radius 3 is 2.05 bits per heavy atom. The highest BCUT2D eigenvalue weighted by atomic mass is 16.5. The first-order valence-electron chi connectivity index (χ1n) is 6.67. The van der Waals surface area contributed by atoms with Crippen LogP contribution >= 0.6 is 0 Å². The summed E-state index contributed by atoms with van der Waals surface area (Å²) in [4.78, 5) is 2.06. The van der Waals surface area contributed by atoms with E-state index in [9.17, 15) is 0 Å². The van der Waals surface area contributed by atoms with Gasteiger partial charge >= 0.3 is 0 Å². The van der Waals surface area contributed by atoms with E-state index in [1.807, 2.05) is 70.4 Å². The molecule has 0 amide bonds. The smallest absolute Gasteiger partial charge is 0.129 e. The van der Waals surface area contributed by atoms with Gasteiger partial charge in [-0.05, 0) is 31.2 Å². The van der Waals surface area contributed by atoms with Gasteiger partial charge in [-0.25, -0.2) is 0 Å². The van der Waals surface area contributed by atoms with Crippen LogP contribution in [0.3, 0.4) is 0 Å². The maximum absolute atomic E-state index is 5.80. The van der Waals surface area contributed by atoms with E-state index in [0.717, 1.165) is 17.2 Å². The molecule has 0 fully saturated rings. The third-order valence-corrected chi connectivity index (χ3v) is 2.59. The first-order chi connectivity index (χ1) is 9.15. The van der Waals surface area contributed by atoms with Crippen molar-refractivity contribution in [2.75, 3.05) is 19.0 Å². The molecule has 0 spiro atoms. The van der Waals surface area contributed by atoms with Crippen molar-refractivity contribution in [3.63, 3.8) is 0 Å². The Hall–Kier alpha value is -1.96. The summed E-state index contributed by atoms with van der Waals surface area (Å²) in [6, 6.07) is 16.1. The van der Waals surface area contributed by atoms with Crippen LogP contribution in [0, 0.1) is 6.92 Å². The molecule has 0 aromatic heterocycles. The molecule has 2 nitrogen and oxygen atoms in total. The van der Waals surface area contributed by atoms with Crippen molar-refractivity contribution in [2.24, 2.45) is 0 Å². The highest BCUT2D eigenvalue weighted by molar-refractivity contribution is 5.50. The van der Waals surface area contributed by atoms with E-state index in [1.54, 1.807) is 0 Å².